The number of esters is 1. The first-order valence-corrected chi connectivity index (χ1v) is 4.93. The molecule has 0 unspecified atom stereocenters. The lowest BCUT2D eigenvalue weighted by Gasteiger charge is -2.27. The van der Waals surface area contributed by atoms with Crippen LogP contribution in [0.5, 0.6) is 0 Å². The van der Waals surface area contributed by atoms with Gasteiger partial charge in [0.2, 0.25) is 0 Å². The predicted octanol–water partition coefficient (Wildman–Crippen LogP) is 1.42. The van der Waals surface area contributed by atoms with Gasteiger partial charge in [0.05, 0.1) is 31.9 Å². The summed E-state index contributed by atoms with van der Waals surface area (Å²) in [5, 5.41) is 3.13. The third-order valence-corrected chi connectivity index (χ3v) is 2.38. The summed E-state index contributed by atoms with van der Waals surface area (Å²) in [5.74, 6) is -1.26. The second kappa shape index (κ2) is 4.49. The van der Waals surface area contributed by atoms with E-state index in [1.165, 1.54) is 19.2 Å². The van der Waals surface area contributed by atoms with Crippen LogP contribution in [0.1, 0.15) is 10.4 Å². The van der Waals surface area contributed by atoms with Crippen LogP contribution in [-0.2, 0) is 9.47 Å². The van der Waals surface area contributed by atoms with Gasteiger partial charge >= 0.3 is 5.97 Å². The zero-order valence-corrected chi connectivity index (χ0v) is 8.83. The molecule has 0 amide bonds. The SMILES string of the molecule is COC(=O)c1cc(NC2COC2)ccc1F. The number of carbonyl (C=O) groups excluding carboxylic acids is 1. The van der Waals surface area contributed by atoms with Crippen molar-refractivity contribution in [2.24, 2.45) is 0 Å². The van der Waals surface area contributed by atoms with Gasteiger partial charge in [0.1, 0.15) is 5.82 Å². The zero-order chi connectivity index (χ0) is 11.5. The second-order valence-electron chi connectivity index (χ2n) is 3.56. The number of rotatable bonds is 3. The molecule has 0 bridgehead atoms. The fourth-order valence-corrected chi connectivity index (χ4v) is 1.44. The standard InChI is InChI=1S/C11H12FNO3/c1-15-11(14)9-4-7(2-3-10(9)12)13-8-5-16-6-8/h2-4,8,13H,5-6H2,1H3. The maximum absolute atomic E-state index is 13.3. The summed E-state index contributed by atoms with van der Waals surface area (Å²) < 4.78 is 22.8. The van der Waals surface area contributed by atoms with Gasteiger partial charge in [0.15, 0.2) is 0 Å². The van der Waals surface area contributed by atoms with Crippen LogP contribution in [0.3, 0.4) is 0 Å². The summed E-state index contributed by atoms with van der Waals surface area (Å²) in [7, 11) is 1.22. The quantitative estimate of drug-likeness (QED) is 0.790. The monoisotopic (exact) mass is 225 g/mol. The Bertz CT molecular complexity index is 404. The number of benzene rings is 1. The van der Waals surface area contributed by atoms with Crippen LogP contribution in [0, 0.1) is 5.82 Å². The van der Waals surface area contributed by atoms with Crippen LogP contribution >= 0.6 is 0 Å². The van der Waals surface area contributed by atoms with Crippen molar-refractivity contribution in [1.82, 2.24) is 0 Å². The molecule has 4 nitrogen and oxygen atoms in total. The Kier molecular flexibility index (Phi) is 3.05. The van der Waals surface area contributed by atoms with Crippen molar-refractivity contribution in [3.63, 3.8) is 0 Å². The first kappa shape index (κ1) is 10.9. The van der Waals surface area contributed by atoms with Crippen LogP contribution in [0.25, 0.3) is 0 Å². The summed E-state index contributed by atoms with van der Waals surface area (Å²) >= 11 is 0. The minimum atomic E-state index is -0.675. The van der Waals surface area contributed by atoms with E-state index in [4.69, 9.17) is 4.74 Å². The molecule has 0 atom stereocenters. The average Bonchev–Trinajstić information content (AvgIpc) is 2.24. The molecule has 5 heteroatoms. The molecular weight excluding hydrogens is 213 g/mol. The van der Waals surface area contributed by atoms with Crippen LogP contribution in [0.15, 0.2) is 18.2 Å². The number of halogens is 1. The molecular formula is C11H12FNO3. The Labute approximate surface area is 92.4 Å². The topological polar surface area (TPSA) is 47.6 Å². The number of carbonyl (C=O) groups is 1. The van der Waals surface area contributed by atoms with Crippen LogP contribution in [0.2, 0.25) is 0 Å². The molecule has 16 heavy (non-hydrogen) atoms. The van der Waals surface area contributed by atoms with Crippen LogP contribution in [0.4, 0.5) is 10.1 Å². The van der Waals surface area contributed by atoms with Crippen molar-refractivity contribution in [3.05, 3.63) is 29.6 Å². The fraction of sp³-hybridized carbons (Fsp3) is 0.364. The minimum Gasteiger partial charge on any atom is -0.465 e. The van der Waals surface area contributed by atoms with E-state index in [1.54, 1.807) is 6.07 Å². The molecule has 0 aromatic heterocycles. The molecule has 2 rings (SSSR count). The largest absolute Gasteiger partial charge is 0.465 e. The molecule has 0 aliphatic carbocycles. The van der Waals surface area contributed by atoms with E-state index < -0.39 is 11.8 Å². The van der Waals surface area contributed by atoms with Gasteiger partial charge in [0, 0.05) is 5.69 Å². The lowest BCUT2D eigenvalue weighted by molar-refractivity contribution is 0.0211. The molecule has 1 saturated heterocycles. The fourth-order valence-electron chi connectivity index (χ4n) is 1.44. The van der Waals surface area contributed by atoms with E-state index in [2.05, 4.69) is 10.1 Å². The van der Waals surface area contributed by atoms with Crippen molar-refractivity contribution < 1.29 is 18.7 Å². The molecule has 0 saturated carbocycles. The summed E-state index contributed by atoms with van der Waals surface area (Å²) in [6.07, 6.45) is 0. The van der Waals surface area contributed by atoms with Crippen molar-refractivity contribution in [3.8, 4) is 0 Å². The first-order chi connectivity index (χ1) is 7.70. The Hall–Kier alpha value is -1.62. The van der Waals surface area contributed by atoms with E-state index >= 15 is 0 Å². The van der Waals surface area contributed by atoms with E-state index in [0.29, 0.717) is 18.9 Å². The van der Waals surface area contributed by atoms with Crippen LogP contribution < -0.4 is 5.32 Å². The van der Waals surface area contributed by atoms with Gasteiger partial charge < -0.3 is 14.8 Å². The Morgan fingerprint density at radius 2 is 2.31 bits per heavy atom. The first-order valence-electron chi connectivity index (χ1n) is 4.93. The van der Waals surface area contributed by atoms with E-state index in [0.717, 1.165) is 0 Å². The molecule has 0 spiro atoms. The molecule has 1 heterocycles. The summed E-state index contributed by atoms with van der Waals surface area (Å²) in [6.45, 7) is 1.26. The van der Waals surface area contributed by atoms with Gasteiger partial charge in [-0.25, -0.2) is 9.18 Å². The van der Waals surface area contributed by atoms with Crippen molar-refractivity contribution >= 4 is 11.7 Å². The number of anilines is 1. The number of hydrogen-bond donors (Lipinski definition) is 1. The zero-order valence-electron chi connectivity index (χ0n) is 8.83. The maximum atomic E-state index is 13.3. The molecule has 86 valence electrons. The Balaban J connectivity index is 2.17. The smallest absolute Gasteiger partial charge is 0.340 e. The van der Waals surface area contributed by atoms with Gasteiger partial charge in [-0.05, 0) is 18.2 Å². The van der Waals surface area contributed by atoms with Crippen LogP contribution in [-0.4, -0.2) is 32.3 Å². The summed E-state index contributed by atoms with van der Waals surface area (Å²) in [6, 6.07) is 4.50. The number of nitrogens with one attached hydrogen (secondary N) is 1. The molecule has 1 fully saturated rings. The van der Waals surface area contributed by atoms with Crippen molar-refractivity contribution in [2.45, 2.75) is 6.04 Å². The minimum absolute atomic E-state index is 0.0623. The molecule has 1 aliphatic heterocycles. The highest BCUT2D eigenvalue weighted by Gasteiger charge is 2.19. The highest BCUT2D eigenvalue weighted by Crippen LogP contribution is 2.18. The normalized spacial score (nSPS) is 15.4. The second-order valence-corrected chi connectivity index (χ2v) is 3.56. The average molecular weight is 225 g/mol. The summed E-state index contributed by atoms with van der Waals surface area (Å²) in [4.78, 5) is 11.2. The lowest BCUT2D eigenvalue weighted by Crippen LogP contribution is -2.40. The van der Waals surface area contributed by atoms with Crippen molar-refractivity contribution in [2.75, 3.05) is 25.6 Å². The van der Waals surface area contributed by atoms with Gasteiger partial charge in [-0.2, -0.15) is 0 Å². The summed E-state index contributed by atoms with van der Waals surface area (Å²) in [5.41, 5.74) is 0.628. The highest BCUT2D eigenvalue weighted by atomic mass is 19.1. The van der Waals surface area contributed by atoms with Gasteiger partial charge in [-0.3, -0.25) is 0 Å². The lowest BCUT2D eigenvalue weighted by atomic mass is 10.1. The van der Waals surface area contributed by atoms with E-state index in [9.17, 15) is 9.18 Å². The molecule has 1 aliphatic rings. The maximum Gasteiger partial charge on any atom is 0.340 e. The number of ether oxygens (including phenoxy) is 2. The predicted molar refractivity (Wildman–Crippen MR) is 56.0 cm³/mol. The van der Waals surface area contributed by atoms with E-state index in [1.807, 2.05) is 0 Å². The third-order valence-electron chi connectivity index (χ3n) is 2.38. The molecule has 1 N–H and O–H groups in total. The molecule has 0 radical (unpaired) electrons. The Morgan fingerprint density at radius 1 is 1.56 bits per heavy atom. The molecule has 1 aromatic carbocycles. The van der Waals surface area contributed by atoms with E-state index in [-0.39, 0.29) is 11.6 Å². The van der Waals surface area contributed by atoms with Gasteiger partial charge in [-0.1, -0.05) is 0 Å². The third kappa shape index (κ3) is 2.14. The number of hydrogen-bond acceptors (Lipinski definition) is 4. The Morgan fingerprint density at radius 3 is 2.88 bits per heavy atom. The number of methoxy groups -OCH3 is 1. The van der Waals surface area contributed by atoms with Crippen molar-refractivity contribution in [1.29, 1.82) is 0 Å². The molecule has 1 aromatic rings. The highest BCUT2D eigenvalue weighted by molar-refractivity contribution is 5.90. The van der Waals surface area contributed by atoms with Gasteiger partial charge in [-0.15, -0.1) is 0 Å². The van der Waals surface area contributed by atoms with Gasteiger partial charge in [0.25, 0.3) is 0 Å².